The van der Waals surface area contributed by atoms with E-state index in [0.29, 0.717) is 22.5 Å². The molecular formula is C21H23N5O. The van der Waals surface area contributed by atoms with Crippen LogP contribution in [0.25, 0.3) is 11.3 Å². The lowest BCUT2D eigenvalue weighted by atomic mass is 10.1. The fraction of sp³-hybridized carbons (Fsp3) is 0.0952. The number of aromatic nitrogens is 2. The Bertz CT molecular complexity index is 985. The van der Waals surface area contributed by atoms with E-state index in [0.717, 1.165) is 5.56 Å². The van der Waals surface area contributed by atoms with Crippen molar-refractivity contribution in [2.75, 3.05) is 0 Å². The van der Waals surface area contributed by atoms with Gasteiger partial charge in [-0.1, -0.05) is 42.5 Å². The van der Waals surface area contributed by atoms with Gasteiger partial charge in [-0.3, -0.25) is 0 Å². The van der Waals surface area contributed by atoms with E-state index in [1.54, 1.807) is 36.7 Å². The highest BCUT2D eigenvalue weighted by atomic mass is 16.3. The largest absolute Gasteiger partial charge is 0.507 e. The molecule has 0 amide bonds. The van der Waals surface area contributed by atoms with E-state index >= 15 is 0 Å². The lowest BCUT2D eigenvalue weighted by molar-refractivity contribution is 0.473. The summed E-state index contributed by atoms with van der Waals surface area (Å²) in [6, 6.07) is 17.0. The molecule has 0 aliphatic carbocycles. The molecule has 6 heteroatoms. The summed E-state index contributed by atoms with van der Waals surface area (Å²) in [5.41, 5.74) is 21.0. The Kier molecular flexibility index (Phi) is 5.17. The van der Waals surface area contributed by atoms with E-state index in [1.807, 2.05) is 29.0 Å². The lowest BCUT2D eigenvalue weighted by Crippen LogP contribution is -2.12. The van der Waals surface area contributed by atoms with Crippen molar-refractivity contribution < 1.29 is 5.11 Å². The lowest BCUT2D eigenvalue weighted by Gasteiger charge is -2.13. The van der Waals surface area contributed by atoms with Crippen LogP contribution in [-0.2, 0) is 0 Å². The van der Waals surface area contributed by atoms with Crippen molar-refractivity contribution in [2.45, 2.75) is 13.0 Å². The summed E-state index contributed by atoms with van der Waals surface area (Å²) in [4.78, 5) is 4.44. The number of hydrogen-bond acceptors (Lipinski definition) is 5. The van der Waals surface area contributed by atoms with E-state index in [1.165, 1.54) is 0 Å². The molecule has 3 rings (SSSR count). The molecule has 0 spiro atoms. The minimum atomic E-state index is 0.0874. The number of nitrogens with zero attached hydrogens (tertiary/aromatic N) is 2. The zero-order valence-corrected chi connectivity index (χ0v) is 15.1. The molecule has 3 aromatic rings. The van der Waals surface area contributed by atoms with E-state index in [2.05, 4.69) is 24.0 Å². The predicted octanol–water partition coefficient (Wildman–Crippen LogP) is 2.78. The Labute approximate surface area is 158 Å². The Morgan fingerprint density at radius 1 is 1.04 bits per heavy atom. The molecule has 0 aliphatic heterocycles. The maximum absolute atomic E-state index is 9.99. The highest BCUT2D eigenvalue weighted by Crippen LogP contribution is 2.26. The van der Waals surface area contributed by atoms with Crippen molar-refractivity contribution in [1.82, 2.24) is 9.55 Å². The Morgan fingerprint density at radius 3 is 2.37 bits per heavy atom. The summed E-state index contributed by atoms with van der Waals surface area (Å²) >= 11 is 0. The molecule has 1 heterocycles. The number of rotatable bonds is 5. The molecule has 0 radical (unpaired) electrons. The summed E-state index contributed by atoms with van der Waals surface area (Å²) in [5.74, 6) is 0.190. The van der Waals surface area contributed by atoms with Gasteiger partial charge in [0.2, 0.25) is 0 Å². The minimum absolute atomic E-state index is 0.0874. The van der Waals surface area contributed by atoms with E-state index in [-0.39, 0.29) is 17.6 Å². The van der Waals surface area contributed by atoms with Crippen molar-refractivity contribution >= 4 is 11.3 Å². The normalized spacial score (nSPS) is 12.6. The number of hydrogen-bond donors (Lipinski definition) is 4. The molecule has 138 valence electrons. The van der Waals surface area contributed by atoms with Gasteiger partial charge in [0, 0.05) is 23.0 Å². The van der Waals surface area contributed by atoms with E-state index in [4.69, 9.17) is 17.2 Å². The summed E-state index contributed by atoms with van der Waals surface area (Å²) in [7, 11) is 0. The maximum Gasteiger partial charge on any atom is 0.124 e. The minimum Gasteiger partial charge on any atom is -0.507 e. The standard InChI is InChI=1S/C21H23N5O/c1-14(15-7-3-2-4-8-15)26-12-19(25-13-26)17(21(23)24)11-18(22)16-9-5-6-10-20(16)27/h2-14,27H,22-24H2,1H3/b18-11-. The zero-order valence-electron chi connectivity index (χ0n) is 15.1. The van der Waals surface area contributed by atoms with Gasteiger partial charge in [-0.2, -0.15) is 0 Å². The maximum atomic E-state index is 9.99. The molecule has 27 heavy (non-hydrogen) atoms. The SMILES string of the molecule is CC(c1ccccc1)n1cnc(C(/C=C(\N)c2ccccc2O)=C(N)N)c1. The summed E-state index contributed by atoms with van der Waals surface area (Å²) in [6.07, 6.45) is 5.24. The van der Waals surface area contributed by atoms with Gasteiger partial charge in [-0.05, 0) is 30.7 Å². The van der Waals surface area contributed by atoms with Crippen LogP contribution >= 0.6 is 0 Å². The van der Waals surface area contributed by atoms with Gasteiger partial charge < -0.3 is 26.9 Å². The first kappa shape index (κ1) is 18.1. The number of allylic oxidation sites excluding steroid dienone is 2. The number of nitrogens with two attached hydrogens (primary N) is 3. The van der Waals surface area contributed by atoms with E-state index < -0.39 is 0 Å². The first-order valence-electron chi connectivity index (χ1n) is 8.57. The molecular weight excluding hydrogens is 338 g/mol. The molecule has 0 bridgehead atoms. The van der Waals surface area contributed by atoms with Gasteiger partial charge in [0.05, 0.1) is 18.1 Å². The monoisotopic (exact) mass is 361 g/mol. The Morgan fingerprint density at radius 2 is 1.70 bits per heavy atom. The molecule has 0 fully saturated rings. The van der Waals surface area contributed by atoms with Gasteiger partial charge in [0.1, 0.15) is 11.6 Å². The Balaban J connectivity index is 1.94. The summed E-state index contributed by atoms with van der Waals surface area (Å²) < 4.78 is 1.98. The van der Waals surface area contributed by atoms with Crippen molar-refractivity contribution in [2.24, 2.45) is 17.2 Å². The van der Waals surface area contributed by atoms with Crippen LogP contribution in [0.15, 0.2) is 79.0 Å². The van der Waals surface area contributed by atoms with Gasteiger partial charge >= 0.3 is 0 Å². The third kappa shape index (κ3) is 3.95. The molecule has 1 unspecified atom stereocenters. The van der Waals surface area contributed by atoms with Crippen LogP contribution in [0.2, 0.25) is 0 Å². The predicted molar refractivity (Wildman–Crippen MR) is 108 cm³/mol. The number of para-hydroxylation sites is 1. The van der Waals surface area contributed by atoms with Crippen LogP contribution in [0.5, 0.6) is 5.75 Å². The number of aromatic hydroxyl groups is 1. The second-order valence-electron chi connectivity index (χ2n) is 6.28. The van der Waals surface area contributed by atoms with Gasteiger partial charge in [-0.15, -0.1) is 0 Å². The second-order valence-corrected chi connectivity index (χ2v) is 6.28. The van der Waals surface area contributed by atoms with Crippen molar-refractivity contribution in [3.05, 3.63) is 95.8 Å². The van der Waals surface area contributed by atoms with Gasteiger partial charge in [0.25, 0.3) is 0 Å². The van der Waals surface area contributed by atoms with Crippen molar-refractivity contribution in [1.29, 1.82) is 0 Å². The quantitative estimate of drug-likeness (QED) is 0.522. The number of phenolic OH excluding ortho intramolecular Hbond substituents is 1. The van der Waals surface area contributed by atoms with Crippen LogP contribution in [0.4, 0.5) is 0 Å². The molecule has 0 aliphatic rings. The Hall–Kier alpha value is -3.67. The summed E-state index contributed by atoms with van der Waals surface area (Å²) in [6.45, 7) is 2.09. The average Bonchev–Trinajstić information content (AvgIpc) is 3.16. The van der Waals surface area contributed by atoms with Crippen LogP contribution < -0.4 is 17.2 Å². The number of benzene rings is 2. The summed E-state index contributed by atoms with van der Waals surface area (Å²) in [5, 5.41) is 9.99. The van der Waals surface area contributed by atoms with Crippen LogP contribution in [-0.4, -0.2) is 14.7 Å². The topological polar surface area (TPSA) is 116 Å². The molecule has 2 aromatic carbocycles. The fourth-order valence-electron chi connectivity index (χ4n) is 2.85. The third-order valence-corrected chi connectivity index (χ3v) is 4.43. The number of imidazole rings is 1. The molecule has 7 N–H and O–H groups in total. The molecule has 1 aromatic heterocycles. The fourth-order valence-corrected chi connectivity index (χ4v) is 2.85. The van der Waals surface area contributed by atoms with Gasteiger partial charge in [-0.25, -0.2) is 4.98 Å². The number of phenols is 1. The molecule has 0 saturated heterocycles. The van der Waals surface area contributed by atoms with Crippen LogP contribution in [0.3, 0.4) is 0 Å². The first-order valence-corrected chi connectivity index (χ1v) is 8.57. The second kappa shape index (κ2) is 7.70. The molecule has 1 atom stereocenters. The van der Waals surface area contributed by atoms with Crippen molar-refractivity contribution in [3.8, 4) is 5.75 Å². The zero-order chi connectivity index (χ0) is 19.4. The van der Waals surface area contributed by atoms with Gasteiger partial charge in [0.15, 0.2) is 0 Å². The van der Waals surface area contributed by atoms with Crippen LogP contribution in [0, 0.1) is 0 Å². The third-order valence-electron chi connectivity index (χ3n) is 4.43. The highest BCUT2D eigenvalue weighted by molar-refractivity contribution is 5.83. The highest BCUT2D eigenvalue weighted by Gasteiger charge is 2.13. The molecule has 6 nitrogen and oxygen atoms in total. The molecule has 0 saturated carbocycles. The first-order chi connectivity index (χ1) is 13.0. The smallest absolute Gasteiger partial charge is 0.124 e. The van der Waals surface area contributed by atoms with Crippen molar-refractivity contribution in [3.63, 3.8) is 0 Å². The average molecular weight is 361 g/mol. The van der Waals surface area contributed by atoms with E-state index in [9.17, 15) is 5.11 Å². The van der Waals surface area contributed by atoms with Crippen LogP contribution in [0.1, 0.15) is 29.8 Å².